The maximum Gasteiger partial charge on any atom is 0.226 e. The maximum atomic E-state index is 12.1. The molecule has 1 rings (SSSR count). The Hall–Kier alpha value is -0.610. The monoisotopic (exact) mass is 243 g/mol. The van der Waals surface area contributed by atoms with Gasteiger partial charge in [0.25, 0.3) is 0 Å². The summed E-state index contributed by atoms with van der Waals surface area (Å²) in [5, 5.41) is 2.95. The van der Waals surface area contributed by atoms with Crippen molar-refractivity contribution in [3.05, 3.63) is 0 Å². The molecule has 1 saturated carbocycles. The van der Waals surface area contributed by atoms with Crippen molar-refractivity contribution in [2.45, 2.75) is 52.7 Å². The van der Waals surface area contributed by atoms with Crippen LogP contribution < -0.4 is 5.32 Å². The van der Waals surface area contributed by atoms with E-state index in [2.05, 4.69) is 5.32 Å². The first-order chi connectivity index (χ1) is 8.12. The van der Waals surface area contributed by atoms with Crippen LogP contribution in [0.25, 0.3) is 0 Å². The van der Waals surface area contributed by atoms with Crippen LogP contribution in [0.5, 0.6) is 0 Å². The molecular formula is C13H25NO3. The average Bonchev–Trinajstić information content (AvgIpc) is 2.74. The van der Waals surface area contributed by atoms with Gasteiger partial charge in [0.05, 0.1) is 6.54 Å². The number of nitrogens with one attached hydrogen (secondary N) is 1. The zero-order valence-electron chi connectivity index (χ0n) is 11.3. The molecule has 0 unspecified atom stereocenters. The average molecular weight is 243 g/mol. The van der Waals surface area contributed by atoms with Gasteiger partial charge in [-0.3, -0.25) is 4.79 Å². The molecule has 1 amide bonds. The molecule has 0 aromatic heterocycles. The number of hydrogen-bond donors (Lipinski definition) is 1. The van der Waals surface area contributed by atoms with Crippen LogP contribution in [0.4, 0.5) is 0 Å². The van der Waals surface area contributed by atoms with E-state index in [0.29, 0.717) is 19.8 Å². The van der Waals surface area contributed by atoms with Gasteiger partial charge in [0.15, 0.2) is 6.29 Å². The minimum absolute atomic E-state index is 0.138. The first-order valence-corrected chi connectivity index (χ1v) is 6.64. The molecule has 0 atom stereocenters. The second-order valence-electron chi connectivity index (χ2n) is 4.82. The van der Waals surface area contributed by atoms with E-state index in [1.165, 1.54) is 0 Å². The van der Waals surface area contributed by atoms with Crippen molar-refractivity contribution in [2.24, 2.45) is 5.41 Å². The Kier molecular flexibility index (Phi) is 5.92. The highest BCUT2D eigenvalue weighted by atomic mass is 16.7. The Morgan fingerprint density at radius 1 is 1.24 bits per heavy atom. The molecule has 17 heavy (non-hydrogen) atoms. The second kappa shape index (κ2) is 6.97. The first-order valence-electron chi connectivity index (χ1n) is 6.64. The number of carbonyl (C=O) groups is 1. The van der Waals surface area contributed by atoms with Gasteiger partial charge in [0.2, 0.25) is 5.91 Å². The predicted octanol–water partition coefficient (Wildman–Crippen LogP) is 2.08. The Morgan fingerprint density at radius 2 is 1.76 bits per heavy atom. The molecule has 0 heterocycles. The van der Waals surface area contributed by atoms with E-state index in [0.717, 1.165) is 25.7 Å². The third-order valence-electron chi connectivity index (χ3n) is 3.39. The van der Waals surface area contributed by atoms with Crippen LogP contribution in [-0.2, 0) is 14.3 Å². The van der Waals surface area contributed by atoms with Gasteiger partial charge in [-0.2, -0.15) is 0 Å². The molecule has 0 aromatic carbocycles. The van der Waals surface area contributed by atoms with Crippen molar-refractivity contribution in [3.63, 3.8) is 0 Å². The van der Waals surface area contributed by atoms with Crippen molar-refractivity contribution in [1.82, 2.24) is 5.32 Å². The van der Waals surface area contributed by atoms with Crippen molar-refractivity contribution >= 4 is 5.91 Å². The first kappa shape index (κ1) is 14.5. The van der Waals surface area contributed by atoms with Gasteiger partial charge in [0, 0.05) is 18.6 Å². The van der Waals surface area contributed by atoms with E-state index in [9.17, 15) is 4.79 Å². The minimum atomic E-state index is -0.320. The fourth-order valence-corrected chi connectivity index (χ4v) is 2.31. The summed E-state index contributed by atoms with van der Waals surface area (Å²) in [7, 11) is 0. The van der Waals surface area contributed by atoms with Gasteiger partial charge in [-0.1, -0.05) is 19.8 Å². The summed E-state index contributed by atoms with van der Waals surface area (Å²) >= 11 is 0. The molecule has 0 saturated heterocycles. The van der Waals surface area contributed by atoms with E-state index in [1.807, 2.05) is 20.8 Å². The molecule has 1 N–H and O–H groups in total. The standard InChI is InChI=1S/C13H25NO3/c1-4-16-11(17-5-2)10-14-12(15)13(3)8-6-7-9-13/h11H,4-10H2,1-3H3,(H,14,15). The highest BCUT2D eigenvalue weighted by molar-refractivity contribution is 5.82. The highest BCUT2D eigenvalue weighted by Gasteiger charge is 2.36. The Bertz CT molecular complexity index is 231. The number of hydrogen-bond acceptors (Lipinski definition) is 3. The lowest BCUT2D eigenvalue weighted by Gasteiger charge is -2.24. The van der Waals surface area contributed by atoms with E-state index in [-0.39, 0.29) is 17.6 Å². The lowest BCUT2D eigenvalue weighted by atomic mass is 9.88. The quantitative estimate of drug-likeness (QED) is 0.696. The summed E-state index contributed by atoms with van der Waals surface area (Å²) in [5.41, 5.74) is -0.178. The Labute approximate surface area is 104 Å². The number of amides is 1. The summed E-state index contributed by atoms with van der Waals surface area (Å²) in [6.07, 6.45) is 3.98. The minimum Gasteiger partial charge on any atom is -0.351 e. The second-order valence-corrected chi connectivity index (χ2v) is 4.82. The third kappa shape index (κ3) is 4.28. The Morgan fingerprint density at radius 3 is 2.24 bits per heavy atom. The fourth-order valence-electron chi connectivity index (χ4n) is 2.31. The van der Waals surface area contributed by atoms with E-state index < -0.39 is 0 Å². The summed E-state index contributed by atoms with van der Waals surface area (Å²) in [6.45, 7) is 7.52. The number of rotatable bonds is 7. The van der Waals surface area contributed by atoms with E-state index in [4.69, 9.17) is 9.47 Å². The van der Waals surface area contributed by atoms with Gasteiger partial charge in [-0.25, -0.2) is 0 Å². The molecule has 4 nitrogen and oxygen atoms in total. The van der Waals surface area contributed by atoms with E-state index in [1.54, 1.807) is 0 Å². The largest absolute Gasteiger partial charge is 0.351 e. The van der Waals surface area contributed by atoms with Gasteiger partial charge < -0.3 is 14.8 Å². The number of ether oxygens (including phenoxy) is 2. The van der Waals surface area contributed by atoms with Crippen LogP contribution in [0.15, 0.2) is 0 Å². The van der Waals surface area contributed by atoms with Crippen molar-refractivity contribution in [3.8, 4) is 0 Å². The van der Waals surface area contributed by atoms with Crippen LogP contribution in [-0.4, -0.2) is 32.0 Å². The van der Waals surface area contributed by atoms with E-state index >= 15 is 0 Å². The lowest BCUT2D eigenvalue weighted by molar-refractivity contribution is -0.144. The molecule has 0 aliphatic heterocycles. The smallest absolute Gasteiger partial charge is 0.226 e. The summed E-state index contributed by atoms with van der Waals surface area (Å²) in [6, 6.07) is 0. The zero-order chi connectivity index (χ0) is 12.7. The van der Waals surface area contributed by atoms with Crippen LogP contribution in [0.3, 0.4) is 0 Å². The lowest BCUT2D eigenvalue weighted by Crippen LogP contribution is -2.42. The van der Waals surface area contributed by atoms with Gasteiger partial charge in [0.1, 0.15) is 0 Å². The molecule has 0 radical (unpaired) electrons. The van der Waals surface area contributed by atoms with Crippen molar-refractivity contribution in [2.75, 3.05) is 19.8 Å². The predicted molar refractivity (Wildman–Crippen MR) is 66.6 cm³/mol. The van der Waals surface area contributed by atoms with Crippen LogP contribution >= 0.6 is 0 Å². The summed E-state index contributed by atoms with van der Waals surface area (Å²) in [5.74, 6) is 0.138. The topological polar surface area (TPSA) is 47.6 Å². The van der Waals surface area contributed by atoms with Crippen LogP contribution in [0.2, 0.25) is 0 Å². The van der Waals surface area contributed by atoms with Crippen LogP contribution in [0, 0.1) is 5.41 Å². The highest BCUT2D eigenvalue weighted by Crippen LogP contribution is 2.37. The summed E-state index contributed by atoms with van der Waals surface area (Å²) in [4.78, 5) is 12.1. The molecule has 0 spiro atoms. The maximum absolute atomic E-state index is 12.1. The van der Waals surface area contributed by atoms with Gasteiger partial charge in [-0.05, 0) is 26.7 Å². The molecule has 4 heteroatoms. The zero-order valence-corrected chi connectivity index (χ0v) is 11.3. The molecular weight excluding hydrogens is 218 g/mol. The Balaban J connectivity index is 2.34. The molecule has 1 aliphatic rings. The molecule has 100 valence electrons. The summed E-state index contributed by atoms with van der Waals surface area (Å²) < 4.78 is 10.8. The van der Waals surface area contributed by atoms with Crippen molar-refractivity contribution < 1.29 is 14.3 Å². The number of carbonyl (C=O) groups excluding carboxylic acids is 1. The SMILES string of the molecule is CCOC(CNC(=O)C1(C)CCCC1)OCC. The molecule has 1 aliphatic carbocycles. The molecule has 0 bridgehead atoms. The van der Waals surface area contributed by atoms with Gasteiger partial charge >= 0.3 is 0 Å². The van der Waals surface area contributed by atoms with Gasteiger partial charge in [-0.15, -0.1) is 0 Å². The normalized spacial score (nSPS) is 18.6. The fraction of sp³-hybridized carbons (Fsp3) is 0.923. The van der Waals surface area contributed by atoms with Crippen LogP contribution in [0.1, 0.15) is 46.5 Å². The molecule has 0 aromatic rings. The third-order valence-corrected chi connectivity index (χ3v) is 3.39. The molecule has 1 fully saturated rings. The van der Waals surface area contributed by atoms with Crippen molar-refractivity contribution in [1.29, 1.82) is 0 Å².